The number of nitrogens with two attached hydrogens (primary N) is 1. The molecule has 20 heavy (non-hydrogen) atoms. The second kappa shape index (κ2) is 7.43. The molecule has 2 N–H and O–H groups in total. The molecule has 4 nitrogen and oxygen atoms in total. The van der Waals surface area contributed by atoms with Crippen molar-refractivity contribution in [2.24, 2.45) is 10.7 Å². The average molecular weight is 293 g/mol. The van der Waals surface area contributed by atoms with Gasteiger partial charge in [0.05, 0.1) is 6.54 Å². The summed E-state index contributed by atoms with van der Waals surface area (Å²) in [6, 6.07) is 6.22. The first-order chi connectivity index (χ1) is 9.65. The first kappa shape index (κ1) is 15.0. The third-order valence-electron chi connectivity index (χ3n) is 3.16. The van der Waals surface area contributed by atoms with E-state index in [1.165, 1.54) is 11.1 Å². The Balaban J connectivity index is 1.77. The van der Waals surface area contributed by atoms with Gasteiger partial charge in [0.1, 0.15) is 12.4 Å². The van der Waals surface area contributed by atoms with Crippen LogP contribution in [0.1, 0.15) is 11.1 Å². The van der Waals surface area contributed by atoms with E-state index >= 15 is 0 Å². The van der Waals surface area contributed by atoms with E-state index in [4.69, 9.17) is 10.5 Å². The lowest BCUT2D eigenvalue weighted by Crippen LogP contribution is -2.42. The van der Waals surface area contributed by atoms with Crippen LogP contribution in [0.25, 0.3) is 0 Å². The fourth-order valence-corrected chi connectivity index (χ4v) is 3.14. The Labute approximate surface area is 125 Å². The zero-order valence-electron chi connectivity index (χ0n) is 12.3. The SMILES string of the molecule is Cc1cc(C)cc(OCCN=C(N)N2CCSCC2)c1. The number of hydrogen-bond donors (Lipinski definition) is 1. The van der Waals surface area contributed by atoms with Crippen molar-refractivity contribution in [2.75, 3.05) is 37.7 Å². The molecule has 0 radical (unpaired) electrons. The van der Waals surface area contributed by atoms with Crippen LogP contribution in [0, 0.1) is 13.8 Å². The van der Waals surface area contributed by atoms with Crippen LogP contribution in [0.5, 0.6) is 5.75 Å². The van der Waals surface area contributed by atoms with Crippen LogP contribution in [-0.4, -0.2) is 48.6 Å². The third-order valence-corrected chi connectivity index (χ3v) is 4.11. The van der Waals surface area contributed by atoms with Gasteiger partial charge in [-0.2, -0.15) is 11.8 Å². The van der Waals surface area contributed by atoms with E-state index in [1.807, 2.05) is 23.9 Å². The highest BCUT2D eigenvalue weighted by atomic mass is 32.2. The van der Waals surface area contributed by atoms with E-state index in [0.29, 0.717) is 19.1 Å². The smallest absolute Gasteiger partial charge is 0.191 e. The van der Waals surface area contributed by atoms with E-state index in [2.05, 4.69) is 29.8 Å². The van der Waals surface area contributed by atoms with Crippen molar-refractivity contribution in [2.45, 2.75) is 13.8 Å². The number of thioether (sulfide) groups is 1. The van der Waals surface area contributed by atoms with Crippen molar-refractivity contribution in [1.82, 2.24) is 4.90 Å². The number of guanidine groups is 1. The fraction of sp³-hybridized carbons (Fsp3) is 0.533. The van der Waals surface area contributed by atoms with Gasteiger partial charge in [-0.05, 0) is 37.1 Å². The predicted octanol–water partition coefficient (Wildman–Crippen LogP) is 2.05. The van der Waals surface area contributed by atoms with Crippen molar-refractivity contribution in [1.29, 1.82) is 0 Å². The van der Waals surface area contributed by atoms with Crippen LogP contribution in [0.15, 0.2) is 23.2 Å². The molecule has 1 aromatic rings. The van der Waals surface area contributed by atoms with Crippen molar-refractivity contribution in [3.05, 3.63) is 29.3 Å². The number of nitrogens with zero attached hydrogens (tertiary/aromatic N) is 2. The van der Waals surface area contributed by atoms with Crippen LogP contribution in [0.4, 0.5) is 0 Å². The lowest BCUT2D eigenvalue weighted by atomic mass is 10.1. The molecule has 1 aliphatic rings. The van der Waals surface area contributed by atoms with Gasteiger partial charge in [-0.1, -0.05) is 6.07 Å². The quantitative estimate of drug-likeness (QED) is 0.524. The van der Waals surface area contributed by atoms with Crippen LogP contribution in [0.2, 0.25) is 0 Å². The van der Waals surface area contributed by atoms with Crippen molar-refractivity contribution in [3.8, 4) is 5.75 Å². The maximum absolute atomic E-state index is 5.99. The number of hydrogen-bond acceptors (Lipinski definition) is 3. The molecule has 0 amide bonds. The van der Waals surface area contributed by atoms with Crippen molar-refractivity contribution >= 4 is 17.7 Å². The molecule has 0 aliphatic carbocycles. The second-order valence-corrected chi connectivity index (χ2v) is 6.24. The topological polar surface area (TPSA) is 50.9 Å². The molecule has 5 heteroatoms. The molecule has 1 saturated heterocycles. The summed E-state index contributed by atoms with van der Waals surface area (Å²) in [6.07, 6.45) is 0. The van der Waals surface area contributed by atoms with Crippen LogP contribution < -0.4 is 10.5 Å². The monoisotopic (exact) mass is 293 g/mol. The van der Waals surface area contributed by atoms with Gasteiger partial charge < -0.3 is 15.4 Å². The van der Waals surface area contributed by atoms with E-state index in [0.717, 1.165) is 30.3 Å². The molecule has 1 heterocycles. The minimum absolute atomic E-state index is 0.562. The van der Waals surface area contributed by atoms with E-state index < -0.39 is 0 Å². The summed E-state index contributed by atoms with van der Waals surface area (Å²) in [5, 5.41) is 0. The number of aryl methyl sites for hydroxylation is 2. The van der Waals surface area contributed by atoms with Gasteiger partial charge in [0, 0.05) is 24.6 Å². The molecule has 0 aromatic heterocycles. The highest BCUT2D eigenvalue weighted by Gasteiger charge is 2.11. The first-order valence-electron chi connectivity index (χ1n) is 6.99. The average Bonchev–Trinajstić information content (AvgIpc) is 2.43. The molecule has 0 atom stereocenters. The van der Waals surface area contributed by atoms with Crippen molar-refractivity contribution in [3.63, 3.8) is 0 Å². The fourth-order valence-electron chi connectivity index (χ4n) is 2.23. The summed E-state index contributed by atoms with van der Waals surface area (Å²) < 4.78 is 5.72. The van der Waals surface area contributed by atoms with E-state index in [9.17, 15) is 0 Å². The van der Waals surface area contributed by atoms with Crippen LogP contribution in [0.3, 0.4) is 0 Å². The first-order valence-corrected chi connectivity index (χ1v) is 8.14. The molecule has 0 saturated carbocycles. The van der Waals surface area contributed by atoms with Gasteiger partial charge in [-0.25, -0.2) is 4.99 Å². The van der Waals surface area contributed by atoms with Crippen LogP contribution in [-0.2, 0) is 0 Å². The Kier molecular flexibility index (Phi) is 5.59. The number of rotatable bonds is 4. The summed E-state index contributed by atoms with van der Waals surface area (Å²) in [5.41, 5.74) is 8.42. The van der Waals surface area contributed by atoms with Crippen molar-refractivity contribution < 1.29 is 4.74 Å². The molecular weight excluding hydrogens is 270 g/mol. The molecule has 0 spiro atoms. The molecule has 1 fully saturated rings. The predicted molar refractivity (Wildman–Crippen MR) is 86.8 cm³/mol. The molecule has 2 rings (SSSR count). The Bertz CT molecular complexity index is 450. The summed E-state index contributed by atoms with van der Waals surface area (Å²) in [6.45, 7) is 7.30. The minimum Gasteiger partial charge on any atom is -0.492 e. The normalized spacial score (nSPS) is 16.3. The number of benzene rings is 1. The Morgan fingerprint density at radius 2 is 1.90 bits per heavy atom. The lowest BCUT2D eigenvalue weighted by Gasteiger charge is -2.27. The zero-order chi connectivity index (χ0) is 14.4. The largest absolute Gasteiger partial charge is 0.492 e. The van der Waals surface area contributed by atoms with Gasteiger partial charge in [0.2, 0.25) is 0 Å². The minimum atomic E-state index is 0.562. The lowest BCUT2D eigenvalue weighted by molar-refractivity contribution is 0.327. The molecular formula is C15H23N3OS. The third kappa shape index (κ3) is 4.63. The standard InChI is InChI=1S/C15H23N3OS/c1-12-9-13(2)11-14(10-12)19-6-3-17-15(16)18-4-7-20-8-5-18/h9-11H,3-8H2,1-2H3,(H2,16,17). The van der Waals surface area contributed by atoms with Gasteiger partial charge in [0.15, 0.2) is 5.96 Å². The highest BCUT2D eigenvalue weighted by molar-refractivity contribution is 7.99. The van der Waals surface area contributed by atoms with E-state index in [-0.39, 0.29) is 0 Å². The number of aliphatic imine (C=N–C) groups is 1. The molecule has 1 aliphatic heterocycles. The maximum Gasteiger partial charge on any atom is 0.191 e. The Hall–Kier alpha value is -1.36. The van der Waals surface area contributed by atoms with Gasteiger partial charge >= 0.3 is 0 Å². The van der Waals surface area contributed by atoms with Crippen LogP contribution >= 0.6 is 11.8 Å². The van der Waals surface area contributed by atoms with Gasteiger partial charge in [-0.15, -0.1) is 0 Å². The summed E-state index contributed by atoms with van der Waals surface area (Å²) >= 11 is 1.97. The highest BCUT2D eigenvalue weighted by Crippen LogP contribution is 2.16. The number of ether oxygens (including phenoxy) is 1. The summed E-state index contributed by atoms with van der Waals surface area (Å²) in [5.74, 6) is 3.82. The zero-order valence-corrected chi connectivity index (χ0v) is 13.1. The summed E-state index contributed by atoms with van der Waals surface area (Å²) in [4.78, 5) is 6.54. The molecule has 0 bridgehead atoms. The molecule has 0 unspecified atom stereocenters. The van der Waals surface area contributed by atoms with E-state index in [1.54, 1.807) is 0 Å². The Morgan fingerprint density at radius 1 is 1.25 bits per heavy atom. The molecule has 1 aromatic carbocycles. The Morgan fingerprint density at radius 3 is 2.55 bits per heavy atom. The van der Waals surface area contributed by atoms with Gasteiger partial charge in [0.25, 0.3) is 0 Å². The van der Waals surface area contributed by atoms with Gasteiger partial charge in [-0.3, -0.25) is 0 Å². The maximum atomic E-state index is 5.99. The molecule has 110 valence electrons. The summed E-state index contributed by atoms with van der Waals surface area (Å²) in [7, 11) is 0. The second-order valence-electron chi connectivity index (χ2n) is 5.01.